The first-order valence-electron chi connectivity index (χ1n) is 7.70. The van der Waals surface area contributed by atoms with Crippen molar-refractivity contribution in [1.82, 2.24) is 4.31 Å². The molecule has 0 aliphatic heterocycles. The molecular weight excluding hydrogens is 314 g/mol. The summed E-state index contributed by atoms with van der Waals surface area (Å²) in [5.41, 5.74) is 0.624. The van der Waals surface area contributed by atoms with Crippen molar-refractivity contribution in [2.45, 2.75) is 26.4 Å². The van der Waals surface area contributed by atoms with Gasteiger partial charge in [-0.25, -0.2) is 12.7 Å². The van der Waals surface area contributed by atoms with Crippen molar-refractivity contribution in [3.05, 3.63) is 48.0 Å². The zero-order chi connectivity index (χ0) is 17.3. The summed E-state index contributed by atoms with van der Waals surface area (Å²) in [6.07, 6.45) is 2.94. The van der Waals surface area contributed by atoms with Crippen molar-refractivity contribution in [2.75, 3.05) is 26.0 Å². The van der Waals surface area contributed by atoms with Crippen LogP contribution in [0.5, 0.6) is 0 Å². The molecular formula is C17H25NO4S. The SMILES string of the molecule is CCN(CC)S(=O)(=O)C/C=C\[C@H](CC(=O)c1ccccc1)OC. The summed E-state index contributed by atoms with van der Waals surface area (Å²) in [5, 5.41) is 0. The monoisotopic (exact) mass is 339 g/mol. The van der Waals surface area contributed by atoms with Crippen LogP contribution in [0.1, 0.15) is 30.6 Å². The Labute approximate surface area is 139 Å². The maximum absolute atomic E-state index is 12.1. The predicted octanol–water partition coefficient (Wildman–Crippen LogP) is 2.50. The summed E-state index contributed by atoms with van der Waals surface area (Å²) >= 11 is 0. The fourth-order valence-electron chi connectivity index (χ4n) is 2.21. The van der Waals surface area contributed by atoms with Crippen LogP contribution in [0.25, 0.3) is 0 Å². The Morgan fingerprint density at radius 3 is 2.35 bits per heavy atom. The molecule has 1 atom stereocenters. The number of carbonyl (C=O) groups is 1. The van der Waals surface area contributed by atoms with Gasteiger partial charge in [0.05, 0.1) is 11.9 Å². The summed E-state index contributed by atoms with van der Waals surface area (Å²) in [4.78, 5) is 12.1. The number of rotatable bonds is 10. The average molecular weight is 339 g/mol. The maximum atomic E-state index is 12.1. The molecule has 0 unspecified atom stereocenters. The number of methoxy groups -OCH3 is 1. The standard InChI is InChI=1S/C17H25NO4S/c1-4-18(5-2)23(20,21)13-9-12-16(22-3)14-17(19)15-10-7-6-8-11-15/h6-12,16H,4-5,13-14H2,1-3H3/b12-9-/t16-/m1/s1. The molecule has 0 aliphatic rings. The van der Waals surface area contributed by atoms with Crippen molar-refractivity contribution in [2.24, 2.45) is 0 Å². The van der Waals surface area contributed by atoms with Crippen molar-refractivity contribution in [3.63, 3.8) is 0 Å². The van der Waals surface area contributed by atoms with E-state index in [4.69, 9.17) is 4.74 Å². The molecule has 0 aliphatic carbocycles. The molecule has 1 aromatic rings. The molecule has 0 fully saturated rings. The van der Waals surface area contributed by atoms with E-state index in [1.807, 2.05) is 18.2 Å². The largest absolute Gasteiger partial charge is 0.377 e. The fraction of sp³-hybridized carbons (Fsp3) is 0.471. The zero-order valence-electron chi connectivity index (χ0n) is 13.9. The Bertz CT molecular complexity index is 607. The average Bonchev–Trinajstić information content (AvgIpc) is 2.55. The molecule has 0 N–H and O–H groups in total. The number of hydrogen-bond acceptors (Lipinski definition) is 4. The minimum Gasteiger partial charge on any atom is -0.377 e. The quantitative estimate of drug-likeness (QED) is 0.485. The highest BCUT2D eigenvalue weighted by Gasteiger charge is 2.17. The van der Waals surface area contributed by atoms with E-state index in [1.54, 1.807) is 38.1 Å². The Morgan fingerprint density at radius 2 is 1.83 bits per heavy atom. The van der Waals surface area contributed by atoms with Gasteiger partial charge in [0.1, 0.15) is 0 Å². The second kappa shape index (κ2) is 9.60. The van der Waals surface area contributed by atoms with Gasteiger partial charge in [0, 0.05) is 32.2 Å². The van der Waals surface area contributed by atoms with E-state index in [9.17, 15) is 13.2 Å². The van der Waals surface area contributed by atoms with Crippen molar-refractivity contribution in [1.29, 1.82) is 0 Å². The minimum atomic E-state index is -3.30. The summed E-state index contributed by atoms with van der Waals surface area (Å²) in [7, 11) is -1.79. The molecule has 0 heterocycles. The number of Topliss-reactive ketones (excluding diaryl/α,β-unsaturated/α-hetero) is 1. The van der Waals surface area contributed by atoms with Crippen molar-refractivity contribution in [3.8, 4) is 0 Å². The molecule has 23 heavy (non-hydrogen) atoms. The zero-order valence-corrected chi connectivity index (χ0v) is 14.8. The first-order chi connectivity index (χ1) is 10.9. The van der Waals surface area contributed by atoms with Gasteiger partial charge in [-0.1, -0.05) is 56.3 Å². The third kappa shape index (κ3) is 6.25. The summed E-state index contributed by atoms with van der Waals surface area (Å²) in [6, 6.07) is 8.97. The molecule has 6 heteroatoms. The highest BCUT2D eigenvalue weighted by molar-refractivity contribution is 7.89. The molecule has 0 spiro atoms. The van der Waals surface area contributed by atoms with E-state index < -0.39 is 16.1 Å². The molecule has 0 radical (unpaired) electrons. The smallest absolute Gasteiger partial charge is 0.217 e. The Balaban J connectivity index is 2.64. The highest BCUT2D eigenvalue weighted by Crippen LogP contribution is 2.09. The molecule has 1 rings (SSSR count). The van der Waals surface area contributed by atoms with Crippen LogP contribution in [-0.2, 0) is 14.8 Å². The third-order valence-electron chi connectivity index (χ3n) is 3.54. The molecule has 0 aromatic heterocycles. The van der Waals surface area contributed by atoms with Crippen LogP contribution in [-0.4, -0.2) is 50.6 Å². The topological polar surface area (TPSA) is 63.7 Å². The van der Waals surface area contributed by atoms with Crippen LogP contribution >= 0.6 is 0 Å². The van der Waals surface area contributed by atoms with Gasteiger partial charge in [-0.3, -0.25) is 4.79 Å². The second-order valence-electron chi connectivity index (χ2n) is 5.06. The number of ketones is 1. The van der Waals surface area contributed by atoms with E-state index in [-0.39, 0.29) is 18.0 Å². The molecule has 0 bridgehead atoms. The number of benzene rings is 1. The van der Waals surface area contributed by atoms with Gasteiger partial charge in [-0.05, 0) is 0 Å². The number of sulfonamides is 1. The number of hydrogen-bond donors (Lipinski definition) is 0. The van der Waals surface area contributed by atoms with Crippen LogP contribution in [0, 0.1) is 0 Å². The summed E-state index contributed by atoms with van der Waals surface area (Å²) in [5.74, 6) is -0.123. The van der Waals surface area contributed by atoms with E-state index >= 15 is 0 Å². The van der Waals surface area contributed by atoms with E-state index in [0.717, 1.165) is 0 Å². The molecule has 128 valence electrons. The van der Waals surface area contributed by atoms with E-state index in [1.165, 1.54) is 11.4 Å². The van der Waals surface area contributed by atoms with Gasteiger partial charge in [0.2, 0.25) is 10.0 Å². The minimum absolute atomic E-state index is 0.0336. The van der Waals surface area contributed by atoms with Crippen LogP contribution < -0.4 is 0 Å². The normalized spacial score (nSPS) is 13.6. The van der Waals surface area contributed by atoms with Crippen LogP contribution in [0.4, 0.5) is 0 Å². The van der Waals surface area contributed by atoms with Gasteiger partial charge in [0.25, 0.3) is 0 Å². The molecule has 0 amide bonds. The Hall–Kier alpha value is -1.50. The first kappa shape index (κ1) is 19.5. The van der Waals surface area contributed by atoms with Crippen LogP contribution in [0.3, 0.4) is 0 Å². The lowest BCUT2D eigenvalue weighted by molar-refractivity contribution is 0.0852. The lowest BCUT2D eigenvalue weighted by atomic mass is 10.1. The third-order valence-corrected chi connectivity index (χ3v) is 5.46. The van der Waals surface area contributed by atoms with Crippen LogP contribution in [0.15, 0.2) is 42.5 Å². The molecule has 5 nitrogen and oxygen atoms in total. The summed E-state index contributed by atoms with van der Waals surface area (Å²) in [6.45, 7) is 4.52. The molecule has 0 saturated heterocycles. The Kier molecular flexibility index (Phi) is 8.16. The lowest BCUT2D eigenvalue weighted by Crippen LogP contribution is -2.32. The number of nitrogens with zero attached hydrogens (tertiary/aromatic N) is 1. The van der Waals surface area contributed by atoms with Crippen LogP contribution in [0.2, 0.25) is 0 Å². The van der Waals surface area contributed by atoms with Gasteiger partial charge < -0.3 is 4.74 Å². The van der Waals surface area contributed by atoms with Crippen molar-refractivity contribution >= 4 is 15.8 Å². The Morgan fingerprint density at radius 1 is 1.22 bits per heavy atom. The number of ether oxygens (including phenoxy) is 1. The highest BCUT2D eigenvalue weighted by atomic mass is 32.2. The second-order valence-corrected chi connectivity index (χ2v) is 7.07. The van der Waals surface area contributed by atoms with Gasteiger partial charge in [-0.2, -0.15) is 0 Å². The predicted molar refractivity (Wildman–Crippen MR) is 92.0 cm³/mol. The summed E-state index contributed by atoms with van der Waals surface area (Å²) < 4.78 is 30.8. The van der Waals surface area contributed by atoms with Gasteiger partial charge in [-0.15, -0.1) is 0 Å². The maximum Gasteiger partial charge on any atom is 0.217 e. The van der Waals surface area contributed by atoms with Gasteiger partial charge >= 0.3 is 0 Å². The number of carbonyl (C=O) groups excluding carboxylic acids is 1. The first-order valence-corrected chi connectivity index (χ1v) is 9.31. The van der Waals surface area contributed by atoms with Gasteiger partial charge in [0.15, 0.2) is 5.78 Å². The van der Waals surface area contributed by atoms with E-state index in [0.29, 0.717) is 18.7 Å². The molecule has 0 saturated carbocycles. The molecule has 1 aromatic carbocycles. The fourth-order valence-corrected chi connectivity index (χ4v) is 3.56. The van der Waals surface area contributed by atoms with E-state index in [2.05, 4.69) is 0 Å². The lowest BCUT2D eigenvalue weighted by Gasteiger charge is -2.17. The van der Waals surface area contributed by atoms with Crippen molar-refractivity contribution < 1.29 is 17.9 Å².